The number of benzene rings is 3. The minimum absolute atomic E-state index is 0.175. The Morgan fingerprint density at radius 2 is 1.55 bits per heavy atom. The smallest absolute Gasteiger partial charge is 0.123 e. The van der Waals surface area contributed by atoms with E-state index in [4.69, 9.17) is 4.74 Å². The molecule has 0 aromatic heterocycles. The normalized spacial score (nSPS) is 17.8. The van der Waals surface area contributed by atoms with E-state index >= 15 is 0 Å². The topological polar surface area (TPSA) is 29.5 Å². The van der Waals surface area contributed by atoms with Gasteiger partial charge in [-0.1, -0.05) is 64.1 Å². The molecule has 29 heavy (non-hydrogen) atoms. The minimum atomic E-state index is 0.175. The van der Waals surface area contributed by atoms with E-state index in [1.54, 1.807) is 13.2 Å². The van der Waals surface area contributed by atoms with Crippen LogP contribution in [0.4, 0.5) is 0 Å². The lowest BCUT2D eigenvalue weighted by atomic mass is 9.65. The maximum Gasteiger partial charge on any atom is 0.123 e. The van der Waals surface area contributed by atoms with E-state index in [-0.39, 0.29) is 16.6 Å². The van der Waals surface area contributed by atoms with Crippen molar-refractivity contribution >= 4 is 16.3 Å². The van der Waals surface area contributed by atoms with Crippen LogP contribution >= 0.6 is 0 Å². The van der Waals surface area contributed by atoms with Crippen molar-refractivity contribution in [2.45, 2.75) is 40.5 Å². The third-order valence-electron chi connectivity index (χ3n) is 5.93. The van der Waals surface area contributed by atoms with Gasteiger partial charge in [-0.15, -0.1) is 0 Å². The van der Waals surface area contributed by atoms with Crippen LogP contribution in [0.2, 0.25) is 0 Å². The summed E-state index contributed by atoms with van der Waals surface area (Å²) in [4.78, 5) is 0. The number of rotatable bonds is 3. The van der Waals surface area contributed by atoms with Gasteiger partial charge in [-0.3, -0.25) is 0 Å². The molecule has 1 N–H and O–H groups in total. The summed E-state index contributed by atoms with van der Waals surface area (Å²) in [5, 5.41) is 12.3. The number of hydrogen-bond acceptors (Lipinski definition) is 2. The number of fused-ring (bicyclic) bond motifs is 1. The second-order valence-corrected chi connectivity index (χ2v) is 9.77. The quantitative estimate of drug-likeness (QED) is 0.506. The molecular weight excluding hydrogens is 356 g/mol. The summed E-state index contributed by atoms with van der Waals surface area (Å²) in [6.07, 6.45) is 4.72. The zero-order chi connectivity index (χ0) is 20.8. The monoisotopic (exact) mass is 386 g/mol. The number of phenolic OH excluding ortho intramolecular Hbond substituents is 1. The van der Waals surface area contributed by atoms with Crippen molar-refractivity contribution in [3.63, 3.8) is 0 Å². The molecule has 0 bridgehead atoms. The van der Waals surface area contributed by atoms with Gasteiger partial charge in [0.25, 0.3) is 0 Å². The van der Waals surface area contributed by atoms with E-state index in [9.17, 15) is 5.11 Å². The molecule has 0 saturated carbocycles. The van der Waals surface area contributed by atoms with Crippen LogP contribution in [0.3, 0.4) is 0 Å². The van der Waals surface area contributed by atoms with Crippen LogP contribution in [0.5, 0.6) is 11.5 Å². The molecular formula is C27H30O2. The lowest BCUT2D eigenvalue weighted by Gasteiger charge is -2.40. The van der Waals surface area contributed by atoms with Gasteiger partial charge >= 0.3 is 0 Å². The lowest BCUT2D eigenvalue weighted by Crippen LogP contribution is -2.26. The predicted molar refractivity (Wildman–Crippen MR) is 122 cm³/mol. The molecule has 0 fully saturated rings. The van der Waals surface area contributed by atoms with E-state index in [0.29, 0.717) is 0 Å². The highest BCUT2D eigenvalue weighted by atomic mass is 16.5. The van der Waals surface area contributed by atoms with Crippen molar-refractivity contribution in [1.29, 1.82) is 0 Å². The van der Waals surface area contributed by atoms with Gasteiger partial charge in [-0.05, 0) is 75.6 Å². The van der Waals surface area contributed by atoms with Crippen LogP contribution < -0.4 is 4.74 Å². The Hall–Kier alpha value is -2.74. The van der Waals surface area contributed by atoms with Gasteiger partial charge in [0.2, 0.25) is 0 Å². The number of ether oxygens (including phenoxy) is 1. The molecule has 3 aromatic carbocycles. The number of allylic oxidation sites excluding steroid dienone is 2. The highest BCUT2D eigenvalue weighted by Crippen LogP contribution is 2.49. The summed E-state index contributed by atoms with van der Waals surface area (Å²) in [7, 11) is 1.65. The van der Waals surface area contributed by atoms with E-state index in [1.165, 1.54) is 23.1 Å². The second-order valence-electron chi connectivity index (χ2n) is 9.77. The SMILES string of the molecule is COc1ccc2c(-c3ccccc3C3=CC(C)(C)CC(C)(C)C3)ccc(O)c2c1. The van der Waals surface area contributed by atoms with Crippen LogP contribution in [-0.2, 0) is 0 Å². The summed E-state index contributed by atoms with van der Waals surface area (Å²) in [5.41, 5.74) is 5.49. The number of methoxy groups -OCH3 is 1. The third-order valence-corrected chi connectivity index (χ3v) is 5.93. The fourth-order valence-corrected chi connectivity index (χ4v) is 5.23. The molecule has 0 amide bonds. The zero-order valence-electron chi connectivity index (χ0n) is 18.0. The van der Waals surface area contributed by atoms with E-state index in [0.717, 1.165) is 28.5 Å². The predicted octanol–water partition coefficient (Wildman–Crippen LogP) is 7.45. The van der Waals surface area contributed by atoms with E-state index < -0.39 is 0 Å². The first-order valence-corrected chi connectivity index (χ1v) is 10.3. The van der Waals surface area contributed by atoms with Gasteiger partial charge in [-0.2, -0.15) is 0 Å². The van der Waals surface area contributed by atoms with Gasteiger partial charge < -0.3 is 9.84 Å². The first kappa shape index (κ1) is 19.6. The zero-order valence-corrected chi connectivity index (χ0v) is 18.0. The van der Waals surface area contributed by atoms with Gasteiger partial charge in [0.05, 0.1) is 7.11 Å². The molecule has 0 heterocycles. The fraction of sp³-hybridized carbons (Fsp3) is 0.333. The Morgan fingerprint density at radius 3 is 2.24 bits per heavy atom. The Balaban J connectivity index is 1.93. The molecule has 1 aliphatic rings. The number of phenols is 1. The maximum absolute atomic E-state index is 10.5. The molecule has 3 aromatic rings. The van der Waals surface area contributed by atoms with Crippen molar-refractivity contribution in [1.82, 2.24) is 0 Å². The highest BCUT2D eigenvalue weighted by Gasteiger charge is 2.34. The first-order valence-electron chi connectivity index (χ1n) is 10.3. The number of hydrogen-bond donors (Lipinski definition) is 1. The summed E-state index contributed by atoms with van der Waals surface area (Å²) in [6, 6.07) is 18.4. The summed E-state index contributed by atoms with van der Waals surface area (Å²) in [5.74, 6) is 1.02. The summed E-state index contributed by atoms with van der Waals surface area (Å²) < 4.78 is 5.37. The first-order chi connectivity index (χ1) is 13.7. The molecule has 0 spiro atoms. The van der Waals surface area contributed by atoms with Crippen LogP contribution in [0, 0.1) is 10.8 Å². The number of aromatic hydroxyl groups is 1. The summed E-state index contributed by atoms with van der Waals surface area (Å²) in [6.45, 7) is 9.40. The molecule has 0 unspecified atom stereocenters. The Labute approximate surface area is 173 Å². The highest BCUT2D eigenvalue weighted by molar-refractivity contribution is 6.02. The molecule has 0 radical (unpaired) electrons. The molecule has 1 aliphatic carbocycles. The minimum Gasteiger partial charge on any atom is -0.507 e. The van der Waals surface area contributed by atoms with Crippen molar-refractivity contribution < 1.29 is 9.84 Å². The van der Waals surface area contributed by atoms with Crippen molar-refractivity contribution in [2.75, 3.05) is 7.11 Å². The average molecular weight is 387 g/mol. The third kappa shape index (κ3) is 3.76. The van der Waals surface area contributed by atoms with Crippen LogP contribution in [0.25, 0.3) is 27.5 Å². The van der Waals surface area contributed by atoms with Gasteiger partial charge in [0.1, 0.15) is 11.5 Å². The van der Waals surface area contributed by atoms with E-state index in [1.807, 2.05) is 24.3 Å². The molecule has 150 valence electrons. The van der Waals surface area contributed by atoms with Crippen LogP contribution in [0.1, 0.15) is 46.1 Å². The van der Waals surface area contributed by atoms with Crippen molar-refractivity contribution in [3.8, 4) is 22.6 Å². The second kappa shape index (κ2) is 6.95. The van der Waals surface area contributed by atoms with Crippen LogP contribution in [0.15, 0.2) is 60.7 Å². The molecule has 0 aliphatic heterocycles. The Bertz CT molecular complexity index is 1100. The molecule has 0 saturated heterocycles. The van der Waals surface area contributed by atoms with Crippen LogP contribution in [-0.4, -0.2) is 12.2 Å². The Kier molecular flexibility index (Phi) is 4.69. The van der Waals surface area contributed by atoms with E-state index in [2.05, 4.69) is 58.0 Å². The molecule has 2 heteroatoms. The molecule has 2 nitrogen and oxygen atoms in total. The molecule has 4 rings (SSSR count). The van der Waals surface area contributed by atoms with Gasteiger partial charge in [-0.25, -0.2) is 0 Å². The average Bonchev–Trinajstić information content (AvgIpc) is 2.66. The summed E-state index contributed by atoms with van der Waals surface area (Å²) >= 11 is 0. The van der Waals surface area contributed by atoms with Gasteiger partial charge in [0, 0.05) is 5.39 Å². The lowest BCUT2D eigenvalue weighted by molar-refractivity contribution is 0.229. The maximum atomic E-state index is 10.5. The largest absolute Gasteiger partial charge is 0.507 e. The fourth-order valence-electron chi connectivity index (χ4n) is 5.23. The molecule has 0 atom stereocenters. The standard InChI is InChI=1S/C27H30O2/c1-26(2)15-18(16-27(3,4)17-26)20-8-6-7-9-21(20)22-12-13-25(28)24-14-19(29-5)10-11-23(22)24/h6-15,28H,16-17H2,1-5H3. The van der Waals surface area contributed by atoms with Crippen molar-refractivity contribution in [2.24, 2.45) is 10.8 Å². The van der Waals surface area contributed by atoms with Gasteiger partial charge in [0.15, 0.2) is 0 Å². The van der Waals surface area contributed by atoms with Crippen molar-refractivity contribution in [3.05, 3.63) is 66.2 Å². The Morgan fingerprint density at radius 1 is 0.828 bits per heavy atom.